The molecule has 2 amide bonds. The fourth-order valence-corrected chi connectivity index (χ4v) is 3.12. The van der Waals surface area contributed by atoms with Gasteiger partial charge in [0.25, 0.3) is 11.8 Å². The van der Waals surface area contributed by atoms with Crippen molar-refractivity contribution in [2.24, 2.45) is 5.73 Å². The molecule has 4 rings (SSSR count). The van der Waals surface area contributed by atoms with Gasteiger partial charge in [-0.05, 0) is 24.3 Å². The number of aliphatic hydroxyl groups is 1. The number of nitrogens with two attached hydrogens (primary N) is 1. The summed E-state index contributed by atoms with van der Waals surface area (Å²) in [4.78, 5) is 34.0. The van der Waals surface area contributed by atoms with Gasteiger partial charge in [0.2, 0.25) is 5.60 Å². The van der Waals surface area contributed by atoms with Gasteiger partial charge in [-0.1, -0.05) is 24.0 Å². The monoisotopic (exact) mass is 402 g/mol. The lowest BCUT2D eigenvalue weighted by Gasteiger charge is -2.13. The Morgan fingerprint density at radius 2 is 2.13 bits per heavy atom. The van der Waals surface area contributed by atoms with Crippen LogP contribution in [0.4, 0.5) is 0 Å². The molecule has 1 aliphatic rings. The molecule has 3 heterocycles. The number of aromatic amines is 1. The number of nitrogens with zero attached hydrogens (tertiary/aromatic N) is 4. The van der Waals surface area contributed by atoms with Gasteiger partial charge in [0.15, 0.2) is 5.82 Å². The molecule has 1 saturated heterocycles. The molecule has 150 valence electrons. The van der Waals surface area contributed by atoms with E-state index in [1.54, 1.807) is 43.6 Å². The summed E-state index contributed by atoms with van der Waals surface area (Å²) in [5, 5.41) is 17.2. The van der Waals surface area contributed by atoms with Gasteiger partial charge in [0.05, 0.1) is 11.4 Å². The highest BCUT2D eigenvalue weighted by molar-refractivity contribution is 5.92. The standard InChI is InChI=1S/C21H18N6O3/c1-27-10-8-21(30,20(27)29)7-5-13-3-2-4-14(11-13)19-24-16(15-6-9-23-26-15)12-17(25-19)18(22)28/h2-4,6,9,11-12,30H,8,10H2,1H3,(H2,22,28)(H,23,26)/t21-/m0/s1. The third kappa shape index (κ3) is 3.64. The first-order chi connectivity index (χ1) is 14.4. The Labute approximate surface area is 172 Å². The van der Waals surface area contributed by atoms with Crippen molar-refractivity contribution in [2.45, 2.75) is 12.0 Å². The summed E-state index contributed by atoms with van der Waals surface area (Å²) in [6, 6.07) is 10.2. The third-order valence-corrected chi connectivity index (χ3v) is 4.80. The second-order valence-corrected chi connectivity index (χ2v) is 6.96. The van der Waals surface area contributed by atoms with Gasteiger partial charge in [0, 0.05) is 37.3 Å². The number of carbonyl (C=O) groups is 2. The fraction of sp³-hybridized carbons (Fsp3) is 0.190. The van der Waals surface area contributed by atoms with Gasteiger partial charge >= 0.3 is 0 Å². The van der Waals surface area contributed by atoms with E-state index in [9.17, 15) is 14.7 Å². The van der Waals surface area contributed by atoms with Gasteiger partial charge in [0.1, 0.15) is 5.69 Å². The number of amides is 2. The van der Waals surface area contributed by atoms with Crippen molar-refractivity contribution in [3.05, 3.63) is 53.9 Å². The maximum absolute atomic E-state index is 12.1. The van der Waals surface area contributed by atoms with Gasteiger partial charge in [-0.3, -0.25) is 14.7 Å². The fourth-order valence-electron chi connectivity index (χ4n) is 3.12. The van der Waals surface area contributed by atoms with Crippen LogP contribution in [0.25, 0.3) is 22.8 Å². The van der Waals surface area contributed by atoms with E-state index >= 15 is 0 Å². The van der Waals surface area contributed by atoms with E-state index in [1.807, 2.05) is 0 Å². The van der Waals surface area contributed by atoms with Gasteiger partial charge in [-0.25, -0.2) is 9.97 Å². The number of rotatable bonds is 3. The summed E-state index contributed by atoms with van der Waals surface area (Å²) in [5.74, 6) is 4.74. The van der Waals surface area contributed by atoms with Crippen molar-refractivity contribution >= 4 is 11.8 Å². The number of hydrogen-bond donors (Lipinski definition) is 3. The molecule has 9 heteroatoms. The maximum atomic E-state index is 12.1. The highest BCUT2D eigenvalue weighted by Crippen LogP contribution is 2.23. The average molecular weight is 402 g/mol. The summed E-state index contributed by atoms with van der Waals surface area (Å²) in [7, 11) is 1.63. The Kier molecular flexibility index (Phi) is 4.77. The Morgan fingerprint density at radius 3 is 2.80 bits per heavy atom. The molecular weight excluding hydrogens is 384 g/mol. The van der Waals surface area contributed by atoms with E-state index in [4.69, 9.17) is 5.73 Å². The Bertz CT molecular complexity index is 1190. The molecule has 4 N–H and O–H groups in total. The van der Waals surface area contributed by atoms with E-state index < -0.39 is 17.4 Å². The highest BCUT2D eigenvalue weighted by atomic mass is 16.3. The molecule has 0 spiro atoms. The van der Waals surface area contributed by atoms with Gasteiger partial charge < -0.3 is 15.7 Å². The number of H-pyrrole nitrogens is 1. The molecule has 1 aliphatic heterocycles. The first kappa shape index (κ1) is 19.3. The van der Waals surface area contributed by atoms with Crippen molar-refractivity contribution in [3.8, 4) is 34.6 Å². The quantitative estimate of drug-likeness (QED) is 0.548. The Hall–Kier alpha value is -4.03. The summed E-state index contributed by atoms with van der Waals surface area (Å²) in [6.45, 7) is 0.453. The largest absolute Gasteiger partial charge is 0.369 e. The number of benzene rings is 1. The van der Waals surface area contributed by atoms with E-state index in [0.717, 1.165) is 0 Å². The van der Waals surface area contributed by atoms with Crippen LogP contribution in [0.1, 0.15) is 22.5 Å². The summed E-state index contributed by atoms with van der Waals surface area (Å²) in [5.41, 5.74) is 6.07. The number of likely N-dealkylation sites (N-methyl/N-ethyl adjacent to an activating group) is 1. The molecule has 0 saturated carbocycles. The minimum atomic E-state index is -1.68. The number of likely N-dealkylation sites (tertiary alicyclic amines) is 1. The lowest BCUT2D eigenvalue weighted by atomic mass is 10.0. The van der Waals surface area contributed by atoms with Crippen LogP contribution < -0.4 is 5.73 Å². The molecule has 30 heavy (non-hydrogen) atoms. The Morgan fingerprint density at radius 1 is 1.30 bits per heavy atom. The maximum Gasteiger partial charge on any atom is 0.267 e. The number of carbonyl (C=O) groups excluding carboxylic acids is 2. The van der Waals surface area contributed by atoms with E-state index in [1.165, 1.54) is 11.0 Å². The zero-order valence-corrected chi connectivity index (χ0v) is 16.1. The lowest BCUT2D eigenvalue weighted by molar-refractivity contribution is -0.137. The van der Waals surface area contributed by atoms with E-state index in [2.05, 4.69) is 32.0 Å². The van der Waals surface area contributed by atoms with Crippen LogP contribution in [0.2, 0.25) is 0 Å². The molecule has 3 aromatic rings. The van der Waals surface area contributed by atoms with Crippen LogP contribution in [0.3, 0.4) is 0 Å². The first-order valence-corrected chi connectivity index (χ1v) is 9.16. The van der Waals surface area contributed by atoms with Gasteiger partial charge in [-0.15, -0.1) is 0 Å². The smallest absolute Gasteiger partial charge is 0.267 e. The second kappa shape index (κ2) is 7.42. The van der Waals surface area contributed by atoms with Crippen LogP contribution in [-0.4, -0.2) is 61.2 Å². The van der Waals surface area contributed by atoms with Crippen molar-refractivity contribution in [3.63, 3.8) is 0 Å². The average Bonchev–Trinajstić information content (AvgIpc) is 3.38. The minimum absolute atomic E-state index is 0.0648. The molecule has 0 aliphatic carbocycles. The predicted octanol–water partition coefficient (Wildman–Crippen LogP) is 0.577. The van der Waals surface area contributed by atoms with Crippen LogP contribution in [-0.2, 0) is 4.79 Å². The number of nitrogens with one attached hydrogen (secondary N) is 1. The summed E-state index contributed by atoms with van der Waals surface area (Å²) >= 11 is 0. The summed E-state index contributed by atoms with van der Waals surface area (Å²) < 4.78 is 0. The molecule has 1 atom stereocenters. The normalized spacial score (nSPS) is 18.2. The van der Waals surface area contributed by atoms with Crippen LogP contribution in [0.15, 0.2) is 42.6 Å². The molecular formula is C21H18N6O3. The predicted molar refractivity (Wildman–Crippen MR) is 108 cm³/mol. The SMILES string of the molecule is CN1CC[C@@](O)(C#Cc2cccc(-c3nc(C(N)=O)cc(-c4ccn[nH]4)n3)c2)C1=O. The zero-order chi connectivity index (χ0) is 21.3. The highest BCUT2D eigenvalue weighted by Gasteiger charge is 2.42. The van der Waals surface area contributed by atoms with Crippen molar-refractivity contribution < 1.29 is 14.7 Å². The molecule has 9 nitrogen and oxygen atoms in total. The van der Waals surface area contributed by atoms with E-state index in [-0.39, 0.29) is 17.9 Å². The number of primary amides is 1. The van der Waals surface area contributed by atoms with Crippen LogP contribution >= 0.6 is 0 Å². The molecule has 2 aromatic heterocycles. The van der Waals surface area contributed by atoms with E-state index in [0.29, 0.717) is 29.1 Å². The summed E-state index contributed by atoms with van der Waals surface area (Å²) in [6.07, 6.45) is 1.83. The molecule has 1 fully saturated rings. The third-order valence-electron chi connectivity index (χ3n) is 4.80. The topological polar surface area (TPSA) is 138 Å². The minimum Gasteiger partial charge on any atom is -0.369 e. The van der Waals surface area contributed by atoms with Crippen LogP contribution in [0.5, 0.6) is 0 Å². The lowest BCUT2D eigenvalue weighted by Crippen LogP contribution is -2.37. The first-order valence-electron chi connectivity index (χ1n) is 9.16. The number of aromatic nitrogens is 4. The van der Waals surface area contributed by atoms with Crippen molar-refractivity contribution in [1.29, 1.82) is 0 Å². The van der Waals surface area contributed by atoms with Crippen molar-refractivity contribution in [1.82, 2.24) is 25.1 Å². The van der Waals surface area contributed by atoms with Gasteiger partial charge in [-0.2, -0.15) is 5.10 Å². The van der Waals surface area contributed by atoms with Crippen LogP contribution in [0, 0.1) is 11.8 Å². The molecule has 0 bridgehead atoms. The second-order valence-electron chi connectivity index (χ2n) is 6.96. The zero-order valence-electron chi connectivity index (χ0n) is 16.1. The molecule has 0 radical (unpaired) electrons. The van der Waals surface area contributed by atoms with Crippen molar-refractivity contribution in [2.75, 3.05) is 13.6 Å². The Balaban J connectivity index is 1.72. The molecule has 0 unspecified atom stereocenters. The molecule has 1 aromatic carbocycles. The number of hydrogen-bond acceptors (Lipinski definition) is 6.